The summed E-state index contributed by atoms with van der Waals surface area (Å²) in [6.07, 6.45) is 1.55. The molecule has 0 aliphatic carbocycles. The van der Waals surface area contributed by atoms with Crippen molar-refractivity contribution in [1.29, 1.82) is 0 Å². The van der Waals surface area contributed by atoms with Crippen LogP contribution in [0.3, 0.4) is 0 Å². The van der Waals surface area contributed by atoms with E-state index in [2.05, 4.69) is 5.32 Å². The molecule has 158 valence electrons. The standard InChI is InChI=1S/C22H23ClN2O5/c1-2-30-22(29)15-4-3-11-25(13-15)17-9-10-19(18(12-17)21(27)28)24-20(26)14-5-7-16(23)8-6-14/h5-10,12,15H,2-4,11,13H2,1H3,(H,24,26)(H,27,28)/t15-/m1/s1. The molecule has 7 nitrogen and oxygen atoms in total. The van der Waals surface area contributed by atoms with Crippen LogP contribution in [0.15, 0.2) is 42.5 Å². The Hall–Kier alpha value is -3.06. The number of anilines is 2. The third kappa shape index (κ3) is 5.10. The Morgan fingerprint density at radius 2 is 1.93 bits per heavy atom. The molecule has 0 aromatic heterocycles. The van der Waals surface area contributed by atoms with Gasteiger partial charge in [-0.25, -0.2) is 4.79 Å². The molecule has 0 saturated carbocycles. The number of esters is 1. The lowest BCUT2D eigenvalue weighted by Gasteiger charge is -2.33. The van der Waals surface area contributed by atoms with E-state index in [-0.39, 0.29) is 23.1 Å². The van der Waals surface area contributed by atoms with E-state index in [1.165, 1.54) is 6.07 Å². The van der Waals surface area contributed by atoms with E-state index < -0.39 is 11.9 Å². The van der Waals surface area contributed by atoms with Crippen LogP contribution in [-0.4, -0.2) is 42.6 Å². The van der Waals surface area contributed by atoms with Crippen LogP contribution >= 0.6 is 11.6 Å². The zero-order chi connectivity index (χ0) is 21.7. The highest BCUT2D eigenvalue weighted by molar-refractivity contribution is 6.30. The van der Waals surface area contributed by atoms with E-state index in [1.54, 1.807) is 43.3 Å². The minimum atomic E-state index is -1.15. The predicted octanol–water partition coefficient (Wildman–Crippen LogP) is 4.07. The highest BCUT2D eigenvalue weighted by atomic mass is 35.5. The first kappa shape index (κ1) is 21.6. The molecule has 1 fully saturated rings. The van der Waals surface area contributed by atoms with Crippen molar-refractivity contribution >= 4 is 40.8 Å². The normalized spacial score (nSPS) is 16.1. The van der Waals surface area contributed by atoms with Gasteiger partial charge in [-0.05, 0) is 62.2 Å². The highest BCUT2D eigenvalue weighted by Gasteiger charge is 2.27. The number of amides is 1. The quantitative estimate of drug-likeness (QED) is 0.670. The van der Waals surface area contributed by atoms with Crippen molar-refractivity contribution in [1.82, 2.24) is 0 Å². The second kappa shape index (κ2) is 9.63. The van der Waals surface area contributed by atoms with Gasteiger partial charge in [-0.1, -0.05) is 11.6 Å². The maximum atomic E-state index is 12.5. The fourth-order valence-corrected chi connectivity index (χ4v) is 3.60. The van der Waals surface area contributed by atoms with Crippen molar-refractivity contribution in [2.75, 3.05) is 29.9 Å². The van der Waals surface area contributed by atoms with Crippen molar-refractivity contribution in [2.45, 2.75) is 19.8 Å². The first-order valence-electron chi connectivity index (χ1n) is 9.75. The monoisotopic (exact) mass is 430 g/mol. The molecular weight excluding hydrogens is 408 g/mol. The molecule has 2 aromatic rings. The van der Waals surface area contributed by atoms with Crippen molar-refractivity contribution in [2.24, 2.45) is 5.92 Å². The van der Waals surface area contributed by atoms with Gasteiger partial charge in [0.15, 0.2) is 0 Å². The van der Waals surface area contributed by atoms with Gasteiger partial charge in [-0.2, -0.15) is 0 Å². The smallest absolute Gasteiger partial charge is 0.337 e. The van der Waals surface area contributed by atoms with Crippen molar-refractivity contribution in [3.63, 3.8) is 0 Å². The fraction of sp³-hybridized carbons (Fsp3) is 0.318. The summed E-state index contributed by atoms with van der Waals surface area (Å²) in [5.41, 5.74) is 1.23. The molecule has 1 aliphatic heterocycles. The van der Waals surface area contributed by atoms with Gasteiger partial charge in [0.05, 0.1) is 23.8 Å². The van der Waals surface area contributed by atoms with Crippen molar-refractivity contribution in [3.8, 4) is 0 Å². The number of hydrogen-bond acceptors (Lipinski definition) is 5. The lowest BCUT2D eigenvalue weighted by atomic mass is 9.97. The van der Waals surface area contributed by atoms with Crippen LogP contribution in [0.5, 0.6) is 0 Å². The summed E-state index contributed by atoms with van der Waals surface area (Å²) < 4.78 is 5.12. The number of aromatic carboxylic acids is 1. The minimum absolute atomic E-state index is 0.0203. The van der Waals surface area contributed by atoms with Crippen molar-refractivity contribution in [3.05, 3.63) is 58.6 Å². The number of carbonyl (C=O) groups is 3. The number of halogens is 1. The average Bonchev–Trinajstić information content (AvgIpc) is 2.74. The SMILES string of the molecule is CCOC(=O)[C@@H]1CCCN(c2ccc(NC(=O)c3ccc(Cl)cc3)c(C(=O)O)c2)C1. The summed E-state index contributed by atoms with van der Waals surface area (Å²) in [6, 6.07) is 11.2. The molecule has 3 rings (SSSR count). The molecule has 1 saturated heterocycles. The Bertz CT molecular complexity index is 945. The number of nitrogens with zero attached hydrogens (tertiary/aromatic N) is 1. The number of carboxylic acids is 1. The number of nitrogens with one attached hydrogen (secondary N) is 1. The van der Waals surface area contributed by atoms with Crippen LogP contribution in [0.25, 0.3) is 0 Å². The molecule has 30 heavy (non-hydrogen) atoms. The van der Waals surface area contributed by atoms with Crippen LogP contribution in [0.4, 0.5) is 11.4 Å². The van der Waals surface area contributed by atoms with Crippen LogP contribution in [0.1, 0.15) is 40.5 Å². The number of hydrogen-bond donors (Lipinski definition) is 2. The van der Waals surface area contributed by atoms with E-state index in [9.17, 15) is 19.5 Å². The van der Waals surface area contributed by atoms with Crippen LogP contribution in [0.2, 0.25) is 5.02 Å². The van der Waals surface area contributed by atoms with E-state index in [0.29, 0.717) is 36.0 Å². The van der Waals surface area contributed by atoms with Gasteiger partial charge in [0.2, 0.25) is 0 Å². The molecular formula is C22H23ClN2O5. The lowest BCUT2D eigenvalue weighted by Crippen LogP contribution is -2.39. The van der Waals surface area contributed by atoms with Gasteiger partial charge < -0.3 is 20.1 Å². The Kier molecular flexibility index (Phi) is 6.95. The van der Waals surface area contributed by atoms with Gasteiger partial charge in [-0.15, -0.1) is 0 Å². The molecule has 0 radical (unpaired) electrons. The van der Waals surface area contributed by atoms with Crippen LogP contribution in [0, 0.1) is 5.92 Å². The Labute approximate surface area is 179 Å². The zero-order valence-corrected chi connectivity index (χ0v) is 17.3. The van der Waals surface area contributed by atoms with Gasteiger partial charge in [0, 0.05) is 29.4 Å². The minimum Gasteiger partial charge on any atom is -0.478 e. The van der Waals surface area contributed by atoms with Gasteiger partial charge in [0.1, 0.15) is 0 Å². The Balaban J connectivity index is 1.79. The summed E-state index contributed by atoms with van der Waals surface area (Å²) in [7, 11) is 0. The topological polar surface area (TPSA) is 95.9 Å². The zero-order valence-electron chi connectivity index (χ0n) is 16.6. The number of carbonyl (C=O) groups excluding carboxylic acids is 2. The number of ether oxygens (including phenoxy) is 1. The van der Waals surface area contributed by atoms with E-state index in [0.717, 1.165) is 12.8 Å². The third-order valence-electron chi connectivity index (χ3n) is 4.99. The van der Waals surface area contributed by atoms with E-state index >= 15 is 0 Å². The molecule has 8 heteroatoms. The summed E-state index contributed by atoms with van der Waals surface area (Å²) in [5, 5.41) is 12.8. The maximum absolute atomic E-state index is 12.5. The van der Waals surface area contributed by atoms with Gasteiger partial charge in [-0.3, -0.25) is 9.59 Å². The first-order chi connectivity index (χ1) is 14.4. The first-order valence-corrected chi connectivity index (χ1v) is 10.1. The van der Waals surface area contributed by atoms with E-state index in [4.69, 9.17) is 16.3 Å². The maximum Gasteiger partial charge on any atom is 0.337 e. The fourth-order valence-electron chi connectivity index (χ4n) is 3.47. The second-order valence-corrected chi connectivity index (χ2v) is 7.47. The summed E-state index contributed by atoms with van der Waals surface area (Å²) in [4.78, 5) is 38.3. The van der Waals surface area contributed by atoms with Gasteiger partial charge in [0.25, 0.3) is 5.91 Å². The van der Waals surface area contributed by atoms with Crippen LogP contribution < -0.4 is 10.2 Å². The molecule has 1 amide bonds. The van der Waals surface area contributed by atoms with Crippen molar-refractivity contribution < 1.29 is 24.2 Å². The predicted molar refractivity (Wildman–Crippen MR) is 114 cm³/mol. The molecule has 0 bridgehead atoms. The van der Waals surface area contributed by atoms with Gasteiger partial charge >= 0.3 is 11.9 Å². The molecule has 1 aliphatic rings. The van der Waals surface area contributed by atoms with Crippen LogP contribution in [-0.2, 0) is 9.53 Å². The molecule has 0 unspecified atom stereocenters. The number of piperidine rings is 1. The largest absolute Gasteiger partial charge is 0.478 e. The third-order valence-corrected chi connectivity index (χ3v) is 5.25. The molecule has 0 spiro atoms. The molecule has 2 N–H and O–H groups in total. The Morgan fingerprint density at radius 3 is 2.60 bits per heavy atom. The molecule has 1 atom stereocenters. The average molecular weight is 431 g/mol. The summed E-state index contributed by atoms with van der Waals surface area (Å²) >= 11 is 5.84. The second-order valence-electron chi connectivity index (χ2n) is 7.03. The summed E-state index contributed by atoms with van der Waals surface area (Å²) in [6.45, 7) is 3.29. The Morgan fingerprint density at radius 1 is 1.20 bits per heavy atom. The molecule has 2 aromatic carbocycles. The summed E-state index contributed by atoms with van der Waals surface area (Å²) in [5.74, 6) is -2.05. The number of rotatable bonds is 6. The van der Waals surface area contributed by atoms with E-state index in [1.807, 2.05) is 4.90 Å². The lowest BCUT2D eigenvalue weighted by molar-refractivity contribution is -0.148. The number of carboxylic acid groups (broad SMARTS) is 1. The highest BCUT2D eigenvalue weighted by Crippen LogP contribution is 2.28. The molecule has 1 heterocycles. The number of benzene rings is 2.